The molecule has 4 saturated heterocycles. The maximum Gasteiger partial charge on any atom is 0.335 e. The fourth-order valence-corrected chi connectivity index (χ4v) is 15.0. The maximum atomic E-state index is 14.4. The zero-order chi connectivity index (χ0) is 88.1. The standard InChI is InChI=1S/C28H28ClF2N5O4.C25H21ClF2N4O4.C25H22ClF2N3O5.C5H10O.C3H7N.CH4.W.Y/c1-15(37)21-13-35(23-8-7-19(10-20(21)23)34-28(40)33-18-5-6-18)14-25(38)36-12-17(30)9-24(36)27(39)32-11-16-3-2-4-22(29)26(16)31;1-14(34)19-11-31(21-6-5-17(30-13-33)8-18(19)21)12-23(35)32-10-16(27)7-22(32)25(36)29-9-15-3-2-4-20(26)24(15)28;1-13(32)18-11-30(20-6-5-14(25(35)36)7-17(18)20)12-22(33)31-10-16(27)8-21(31)24(34)29-9-15-3-2-4-19(26)23(15)28;1-5-3-2-4-6-5;4-3-1-2-3;;;/h2-4,7-8,10,13,17-18,24H,5-6,9,11-12,14H2,1H3,(H,32,39)(H2,33,34,40);2-6,8,11,16,22H,7,9-10,12H2,1H3,(H,29,36);2-7,11,16,21H,8-10,12H2,1H3,(H,29,34)(H,35,36);5H,2-4H2,1H3;3H,1-2,4H2;1H4;;/t17-,24+;16-,22+;16-,21+;;;;;/m111...../s1. The molecule has 1 radical (unpaired) electrons. The van der Waals surface area contributed by atoms with Gasteiger partial charge in [-0.15, -0.1) is 0 Å². The van der Waals surface area contributed by atoms with E-state index in [1.54, 1.807) is 47.2 Å². The Hall–Kier alpha value is -9.95. The normalized spacial score (nSPS) is 18.4. The number of carboxylic acids is 1. The molecule has 2 saturated carbocycles. The zero-order valence-corrected chi connectivity index (χ0v) is 75.6. The number of likely N-dealkylation sites (tertiary alicyclic amines) is 3. The summed E-state index contributed by atoms with van der Waals surface area (Å²) >= 11 is 17.3. The number of carboxylic acid groups (broad SMARTS) is 1. The van der Waals surface area contributed by atoms with E-state index in [1.807, 2.05) is 0 Å². The van der Waals surface area contributed by atoms with Crippen LogP contribution in [-0.4, -0.2) is 185 Å². The van der Waals surface area contributed by atoms with Crippen LogP contribution in [0.25, 0.3) is 32.7 Å². The van der Waals surface area contributed by atoms with Crippen LogP contribution in [0.1, 0.15) is 151 Å². The molecule has 6 aliphatic rings. The van der Waals surface area contributed by atoms with Crippen LogP contribution in [0.15, 0.2) is 133 Å². The molecule has 7 heterocycles. The first kappa shape index (κ1) is 100. The Morgan fingerprint density at radius 2 is 0.904 bits per heavy atom. The smallest absolute Gasteiger partial charge is 0.335 e. The van der Waals surface area contributed by atoms with Crippen molar-refractivity contribution >= 4 is 150 Å². The van der Waals surface area contributed by atoms with Gasteiger partial charge >= 0.3 is 12.0 Å². The summed E-state index contributed by atoms with van der Waals surface area (Å²) in [7, 11) is 0. The van der Waals surface area contributed by atoms with Gasteiger partial charge in [0.1, 0.15) is 73.7 Å². The Balaban J connectivity index is 0.000000217. The number of rotatable bonds is 22. The number of aromatic nitrogens is 3. The summed E-state index contributed by atoms with van der Waals surface area (Å²) in [5, 5.41) is 23.7. The van der Waals surface area contributed by atoms with E-state index in [9.17, 15) is 89.0 Å². The predicted octanol–water partition coefficient (Wildman–Crippen LogP) is 13.5. The number of benzene rings is 6. The summed E-state index contributed by atoms with van der Waals surface area (Å²) in [6.07, 6.45) is 8.63. The number of carbonyl (C=O) groups excluding carboxylic acids is 11. The second-order valence-corrected chi connectivity index (χ2v) is 31.6. The van der Waals surface area contributed by atoms with Gasteiger partial charge in [-0.05, 0) is 139 Å². The van der Waals surface area contributed by atoms with Crippen molar-refractivity contribution < 1.29 is 147 Å². The molecule has 9 aromatic rings. The Kier molecular flexibility index (Phi) is 36.5. The summed E-state index contributed by atoms with van der Waals surface area (Å²) in [6, 6.07) is 24.3. The zero-order valence-electron chi connectivity index (χ0n) is 67.6. The number of aromatic carboxylic acids is 1. The van der Waals surface area contributed by atoms with Crippen LogP contribution in [0.2, 0.25) is 15.1 Å². The summed E-state index contributed by atoms with van der Waals surface area (Å²) in [5.74, 6) is -7.38. The number of carbonyl (C=O) groups is 11. The number of nitrogens with one attached hydrogen (secondary N) is 5. The van der Waals surface area contributed by atoms with Crippen molar-refractivity contribution in [2.75, 3.05) is 31.6 Å². The number of aliphatic imine (C=N–C) groups is 1. The first-order valence-corrected chi connectivity index (χ1v) is 40.4. The van der Waals surface area contributed by atoms with Crippen LogP contribution in [0.5, 0.6) is 0 Å². The third kappa shape index (κ3) is 26.1. The molecule has 1 unspecified atom stereocenters. The Bertz CT molecular complexity index is 5390. The predicted molar refractivity (Wildman–Crippen MR) is 449 cm³/mol. The number of nitrogens with two attached hydrogens (primary N) is 1. The molecule has 8 N–H and O–H groups in total. The van der Waals surface area contributed by atoms with E-state index in [0.717, 1.165) is 29.2 Å². The van der Waals surface area contributed by atoms with Crippen LogP contribution in [0, 0.1) is 17.5 Å². The van der Waals surface area contributed by atoms with Crippen LogP contribution in [-0.2, 0) is 131 Å². The SMILES string of the molecule is C.CC(=O)c1cn(CC(=O)N2C[C@H](F)C[C@H]2C(=O)NCc2cccc(Cl)c2F)c2ccc(C(=O)O)cc12.CC(=O)c1cn(CC(=O)N2C[C@H](F)C[C@H]2C(=O)NCc2cccc(Cl)c2F)c2ccc(N=C=O)cc12.CC(=O)c1cn(CC(=O)N2C[C@H](F)C[C@H]2C(=O)NCc2cccc(Cl)c2F)c2ccc(NC(=O)NC3CC3)cc12.CC1CCCO1.NC1CC1.[W].[Y]. The van der Waals surface area contributed by atoms with Gasteiger partial charge < -0.3 is 70.6 Å². The van der Waals surface area contributed by atoms with E-state index >= 15 is 0 Å². The van der Waals surface area contributed by atoms with Gasteiger partial charge in [-0.1, -0.05) is 78.6 Å². The van der Waals surface area contributed by atoms with Gasteiger partial charge in [0.25, 0.3) is 0 Å². The van der Waals surface area contributed by atoms with Crippen molar-refractivity contribution in [3.63, 3.8) is 0 Å². The monoisotopic (exact) mass is 2030 g/mol. The largest absolute Gasteiger partial charge is 0.478 e. The Morgan fingerprint density at radius 3 is 1.23 bits per heavy atom. The maximum absolute atomic E-state index is 14.4. The summed E-state index contributed by atoms with van der Waals surface area (Å²) < 4.78 is 95.2. The molecule has 7 atom stereocenters. The van der Waals surface area contributed by atoms with Crippen molar-refractivity contribution in [1.82, 2.24) is 49.7 Å². The van der Waals surface area contributed by atoms with E-state index in [0.29, 0.717) is 67.4 Å². The fraction of sp³-hybridized carbons (Fsp3) is 0.379. The number of urea groups is 1. The Morgan fingerprint density at radius 1 is 0.536 bits per heavy atom. The number of halogens is 9. The van der Waals surface area contributed by atoms with Crippen LogP contribution in [0.4, 0.5) is 42.5 Å². The molecule has 15 rings (SSSR count). The third-order valence-electron chi connectivity index (χ3n) is 21.1. The van der Waals surface area contributed by atoms with Gasteiger partial charge in [-0.25, -0.2) is 40.7 Å². The van der Waals surface area contributed by atoms with Gasteiger partial charge in [0.05, 0.1) is 52.1 Å². The average molecular weight is 2040 g/mol. The molecule has 6 aromatic carbocycles. The second-order valence-electron chi connectivity index (χ2n) is 30.4. The number of nitrogens with zero attached hydrogens (tertiary/aromatic N) is 7. The number of ketones is 3. The van der Waals surface area contributed by atoms with Crippen molar-refractivity contribution in [3.05, 3.63) is 199 Å². The number of hydrogen-bond acceptors (Lipinski definition) is 15. The number of anilines is 1. The number of isocyanates is 1. The van der Waals surface area contributed by atoms with Crippen molar-refractivity contribution in [1.29, 1.82) is 0 Å². The second kappa shape index (κ2) is 45.5. The quantitative estimate of drug-likeness (QED) is 0.0143. The molecular weight excluding hydrogens is 1940 g/mol. The van der Waals surface area contributed by atoms with E-state index in [4.69, 9.17) is 45.3 Å². The topological polar surface area (TPSA) is 357 Å². The molecule has 661 valence electrons. The first-order valence-electron chi connectivity index (χ1n) is 39.2. The molecule has 4 aliphatic heterocycles. The summed E-state index contributed by atoms with van der Waals surface area (Å²) in [6.45, 7) is 5.08. The van der Waals surface area contributed by atoms with Crippen molar-refractivity contribution in [3.8, 4) is 0 Å². The van der Waals surface area contributed by atoms with E-state index < -0.39 is 95.5 Å². The molecule has 6 fully saturated rings. The van der Waals surface area contributed by atoms with Crippen molar-refractivity contribution in [2.45, 2.75) is 187 Å². The molecule has 0 spiro atoms. The van der Waals surface area contributed by atoms with E-state index in [2.05, 4.69) is 38.5 Å². The first-order chi connectivity index (χ1) is 58.1. The molecule has 8 amide bonds. The van der Waals surface area contributed by atoms with Crippen LogP contribution >= 0.6 is 34.8 Å². The van der Waals surface area contributed by atoms with E-state index in [-0.39, 0.29) is 212 Å². The van der Waals surface area contributed by atoms with Gasteiger partial charge in [0.15, 0.2) is 17.3 Å². The summed E-state index contributed by atoms with van der Waals surface area (Å²) in [5.41, 5.74) is 8.96. The number of hydrogen-bond donors (Lipinski definition) is 7. The van der Waals surface area contributed by atoms with Gasteiger partial charge in [-0.3, -0.25) is 43.2 Å². The minimum Gasteiger partial charge on any atom is -0.478 e. The Labute approximate surface area is 769 Å². The van der Waals surface area contributed by atoms with Gasteiger partial charge in [0, 0.05) is 202 Å². The minimum atomic E-state index is -1.42. The van der Waals surface area contributed by atoms with Crippen LogP contribution in [0.3, 0.4) is 0 Å². The average Bonchev–Trinajstić information content (AvgIpc) is 1.63. The molecule has 38 heteroatoms. The number of Topliss-reactive ketones (excluding diaryl/α,β-unsaturated/α-hetero) is 3. The molecular formula is C87H92Cl3F6N13O14WY. The minimum absolute atomic E-state index is 0. The number of amides is 8. The van der Waals surface area contributed by atoms with Crippen molar-refractivity contribution in [2.24, 2.45) is 10.7 Å². The molecule has 125 heavy (non-hydrogen) atoms. The van der Waals surface area contributed by atoms with E-state index in [1.165, 1.54) is 152 Å². The van der Waals surface area contributed by atoms with Crippen LogP contribution < -0.4 is 32.3 Å². The fourth-order valence-electron chi connectivity index (χ4n) is 14.5. The molecule has 2 aliphatic carbocycles. The molecule has 27 nitrogen and oxygen atoms in total. The third-order valence-corrected chi connectivity index (χ3v) is 22.0. The summed E-state index contributed by atoms with van der Waals surface area (Å²) in [4.78, 5) is 156. The molecule has 0 bridgehead atoms. The number of alkyl halides is 3. The number of ether oxygens (including phenoxy) is 1. The van der Waals surface area contributed by atoms with Gasteiger partial charge in [-0.2, -0.15) is 4.99 Å². The number of fused-ring (bicyclic) bond motifs is 3. The van der Waals surface area contributed by atoms with Gasteiger partial charge in [0.2, 0.25) is 41.5 Å². The molecule has 3 aromatic heterocycles.